The van der Waals surface area contributed by atoms with Crippen LogP contribution in [0.3, 0.4) is 0 Å². The highest BCUT2D eigenvalue weighted by Crippen LogP contribution is 2.26. The van der Waals surface area contributed by atoms with Crippen molar-refractivity contribution in [3.63, 3.8) is 0 Å². The highest BCUT2D eigenvalue weighted by Gasteiger charge is 2.34. The van der Waals surface area contributed by atoms with Crippen LogP contribution in [0.5, 0.6) is 0 Å². The smallest absolute Gasteiger partial charge is 0.191 e. The first kappa shape index (κ1) is 24.9. The zero-order valence-electron chi connectivity index (χ0n) is 17.6. The maximum absolute atomic E-state index is 6.01. The predicted molar refractivity (Wildman–Crippen MR) is 123 cm³/mol. The normalized spacial score (nSPS) is 21.0. The summed E-state index contributed by atoms with van der Waals surface area (Å²) in [6.07, 6.45) is 10.1. The first-order valence-corrected chi connectivity index (χ1v) is 10.6. The Morgan fingerprint density at radius 2 is 1.85 bits per heavy atom. The Labute approximate surface area is 183 Å². The van der Waals surface area contributed by atoms with Gasteiger partial charge in [0.15, 0.2) is 5.96 Å². The summed E-state index contributed by atoms with van der Waals surface area (Å²) < 4.78 is 11.6. The van der Waals surface area contributed by atoms with Crippen LogP contribution in [0.1, 0.15) is 58.3 Å². The van der Waals surface area contributed by atoms with Gasteiger partial charge in [0, 0.05) is 38.4 Å². The molecular formula is C20H41IN4O2. The van der Waals surface area contributed by atoms with Gasteiger partial charge in [0.25, 0.3) is 0 Å². The molecule has 6 nitrogen and oxygen atoms in total. The third-order valence-electron chi connectivity index (χ3n) is 5.77. The average molecular weight is 496 g/mol. The summed E-state index contributed by atoms with van der Waals surface area (Å²) in [5, 5.41) is 6.83. The van der Waals surface area contributed by atoms with E-state index < -0.39 is 0 Å². The second kappa shape index (κ2) is 14.0. The topological polar surface area (TPSA) is 58.1 Å². The minimum Gasteiger partial charge on any atom is -0.381 e. The van der Waals surface area contributed by atoms with Gasteiger partial charge in [0.2, 0.25) is 0 Å². The third kappa shape index (κ3) is 8.83. The van der Waals surface area contributed by atoms with E-state index in [0.717, 1.165) is 64.7 Å². The molecule has 0 aromatic rings. The zero-order chi connectivity index (χ0) is 18.7. The summed E-state index contributed by atoms with van der Waals surface area (Å²) in [5.74, 6) is 0.915. The fourth-order valence-corrected chi connectivity index (χ4v) is 3.83. The molecule has 1 aliphatic carbocycles. The summed E-state index contributed by atoms with van der Waals surface area (Å²) >= 11 is 0. The molecule has 27 heavy (non-hydrogen) atoms. The van der Waals surface area contributed by atoms with Gasteiger partial charge in [-0.25, -0.2) is 0 Å². The summed E-state index contributed by atoms with van der Waals surface area (Å²) in [5.41, 5.74) is 0.116. The van der Waals surface area contributed by atoms with E-state index in [-0.39, 0.29) is 29.5 Å². The Morgan fingerprint density at radius 3 is 2.48 bits per heavy atom. The van der Waals surface area contributed by atoms with Crippen molar-refractivity contribution in [2.24, 2.45) is 4.99 Å². The number of guanidine groups is 1. The summed E-state index contributed by atoms with van der Waals surface area (Å²) in [7, 11) is 4.31. The molecular weight excluding hydrogens is 455 g/mol. The van der Waals surface area contributed by atoms with Crippen molar-refractivity contribution in [2.75, 3.05) is 53.6 Å². The molecule has 1 heterocycles. The van der Waals surface area contributed by atoms with Crippen LogP contribution in [0.4, 0.5) is 0 Å². The van der Waals surface area contributed by atoms with Crippen LogP contribution in [0, 0.1) is 0 Å². The van der Waals surface area contributed by atoms with Crippen LogP contribution in [0.25, 0.3) is 0 Å². The Hall–Kier alpha value is -0.120. The number of likely N-dealkylation sites (N-methyl/N-ethyl adjacent to an activating group) is 1. The fraction of sp³-hybridized carbons (Fsp3) is 0.950. The van der Waals surface area contributed by atoms with E-state index in [1.54, 1.807) is 0 Å². The SMILES string of the molecule is CCNC(=NCC1(N(C)C)CCOCC1)NCCCOC1CCCCC1.I. The molecule has 1 saturated heterocycles. The van der Waals surface area contributed by atoms with E-state index in [1.807, 2.05) is 0 Å². The van der Waals surface area contributed by atoms with E-state index >= 15 is 0 Å². The Bertz CT molecular complexity index is 409. The Morgan fingerprint density at radius 1 is 1.15 bits per heavy atom. The summed E-state index contributed by atoms with van der Waals surface area (Å²) in [6, 6.07) is 0. The number of hydrogen-bond acceptors (Lipinski definition) is 4. The zero-order valence-corrected chi connectivity index (χ0v) is 19.9. The molecule has 0 aromatic heterocycles. The van der Waals surface area contributed by atoms with E-state index in [0.29, 0.717) is 6.10 Å². The third-order valence-corrected chi connectivity index (χ3v) is 5.77. The van der Waals surface area contributed by atoms with Gasteiger partial charge in [-0.15, -0.1) is 24.0 Å². The first-order chi connectivity index (χ1) is 12.7. The van der Waals surface area contributed by atoms with Crippen LogP contribution in [-0.4, -0.2) is 76.1 Å². The second-order valence-corrected chi connectivity index (χ2v) is 7.84. The van der Waals surface area contributed by atoms with Crippen molar-refractivity contribution in [3.05, 3.63) is 0 Å². The van der Waals surface area contributed by atoms with Crippen LogP contribution in [0.2, 0.25) is 0 Å². The molecule has 1 saturated carbocycles. The number of rotatable bonds is 9. The Balaban J connectivity index is 0.00000364. The van der Waals surface area contributed by atoms with Crippen LogP contribution < -0.4 is 10.6 Å². The summed E-state index contributed by atoms with van der Waals surface area (Å²) in [4.78, 5) is 7.19. The van der Waals surface area contributed by atoms with Crippen LogP contribution in [-0.2, 0) is 9.47 Å². The molecule has 160 valence electrons. The van der Waals surface area contributed by atoms with Gasteiger partial charge in [-0.3, -0.25) is 4.99 Å². The fourth-order valence-electron chi connectivity index (χ4n) is 3.83. The van der Waals surface area contributed by atoms with E-state index in [1.165, 1.54) is 32.1 Å². The van der Waals surface area contributed by atoms with Gasteiger partial charge in [0.1, 0.15) is 0 Å². The lowest BCUT2D eigenvalue weighted by Crippen LogP contribution is -2.51. The molecule has 0 unspecified atom stereocenters. The molecule has 0 atom stereocenters. The number of aliphatic imine (C=N–C) groups is 1. The quantitative estimate of drug-likeness (QED) is 0.223. The number of nitrogens with one attached hydrogen (secondary N) is 2. The van der Waals surface area contributed by atoms with Crippen LogP contribution >= 0.6 is 24.0 Å². The molecule has 0 radical (unpaired) electrons. The molecule has 0 amide bonds. The van der Waals surface area contributed by atoms with E-state index in [4.69, 9.17) is 14.5 Å². The average Bonchev–Trinajstić information content (AvgIpc) is 2.67. The molecule has 0 bridgehead atoms. The summed E-state index contributed by atoms with van der Waals surface area (Å²) in [6.45, 7) is 7.19. The molecule has 2 rings (SSSR count). The minimum atomic E-state index is 0. The van der Waals surface area contributed by atoms with Crippen LogP contribution in [0.15, 0.2) is 4.99 Å². The number of halogens is 1. The predicted octanol–water partition coefficient (Wildman–Crippen LogP) is 3.01. The largest absolute Gasteiger partial charge is 0.381 e. The Kier molecular flexibility index (Phi) is 12.9. The number of ether oxygens (including phenoxy) is 2. The number of hydrogen-bond donors (Lipinski definition) is 2. The van der Waals surface area contributed by atoms with Crippen molar-refractivity contribution >= 4 is 29.9 Å². The highest BCUT2D eigenvalue weighted by atomic mass is 127. The maximum Gasteiger partial charge on any atom is 0.191 e. The van der Waals surface area contributed by atoms with Gasteiger partial charge in [-0.05, 0) is 53.1 Å². The minimum absolute atomic E-state index is 0. The van der Waals surface area contributed by atoms with Crippen molar-refractivity contribution in [1.29, 1.82) is 0 Å². The van der Waals surface area contributed by atoms with Gasteiger partial charge < -0.3 is 25.0 Å². The molecule has 2 aliphatic rings. The van der Waals surface area contributed by atoms with Crippen molar-refractivity contribution in [3.8, 4) is 0 Å². The first-order valence-electron chi connectivity index (χ1n) is 10.6. The standard InChI is InChI=1S/C20H40N4O2.HI/c1-4-21-19(22-13-8-14-26-18-9-6-5-7-10-18)23-17-20(24(2)3)11-15-25-16-12-20;/h18H,4-17H2,1-3H3,(H2,21,22,23);1H. The molecule has 0 spiro atoms. The molecule has 2 fully saturated rings. The second-order valence-electron chi connectivity index (χ2n) is 7.84. The maximum atomic E-state index is 6.01. The van der Waals surface area contributed by atoms with Gasteiger partial charge in [0.05, 0.1) is 12.6 Å². The number of nitrogens with zero attached hydrogens (tertiary/aromatic N) is 2. The lowest BCUT2D eigenvalue weighted by Gasteiger charge is -2.41. The lowest BCUT2D eigenvalue weighted by atomic mass is 9.89. The van der Waals surface area contributed by atoms with E-state index in [2.05, 4.69) is 36.6 Å². The van der Waals surface area contributed by atoms with E-state index in [9.17, 15) is 0 Å². The molecule has 1 aliphatic heterocycles. The van der Waals surface area contributed by atoms with Crippen molar-refractivity contribution < 1.29 is 9.47 Å². The van der Waals surface area contributed by atoms with Crippen molar-refractivity contribution in [1.82, 2.24) is 15.5 Å². The lowest BCUT2D eigenvalue weighted by molar-refractivity contribution is -0.00255. The van der Waals surface area contributed by atoms with Gasteiger partial charge >= 0.3 is 0 Å². The molecule has 0 aromatic carbocycles. The van der Waals surface area contributed by atoms with Gasteiger partial charge in [-0.1, -0.05) is 19.3 Å². The molecule has 7 heteroatoms. The van der Waals surface area contributed by atoms with Gasteiger partial charge in [-0.2, -0.15) is 0 Å². The molecule has 2 N–H and O–H groups in total. The highest BCUT2D eigenvalue weighted by molar-refractivity contribution is 14.0. The monoisotopic (exact) mass is 496 g/mol. The van der Waals surface area contributed by atoms with Crippen molar-refractivity contribution in [2.45, 2.75) is 69.9 Å².